The highest BCUT2D eigenvalue weighted by Crippen LogP contribution is 2.32. The number of ether oxygens (including phenoxy) is 1. The van der Waals surface area contributed by atoms with Gasteiger partial charge in [-0.15, -0.1) is 0 Å². The van der Waals surface area contributed by atoms with E-state index < -0.39 is 0 Å². The van der Waals surface area contributed by atoms with Crippen LogP contribution in [0.25, 0.3) is 11.1 Å². The van der Waals surface area contributed by atoms with Gasteiger partial charge in [-0.05, 0) is 24.0 Å². The highest BCUT2D eigenvalue weighted by molar-refractivity contribution is 5.73. The first-order valence-corrected chi connectivity index (χ1v) is 6.49. The topological polar surface area (TPSA) is 9.23 Å². The van der Waals surface area contributed by atoms with Gasteiger partial charge in [-0.3, -0.25) is 0 Å². The van der Waals surface area contributed by atoms with E-state index in [9.17, 15) is 0 Å². The summed E-state index contributed by atoms with van der Waals surface area (Å²) in [6, 6.07) is 17.7. The summed E-state index contributed by atoms with van der Waals surface area (Å²) in [6.45, 7) is 2.22. The molecule has 0 heterocycles. The van der Waals surface area contributed by atoms with Crippen LogP contribution in [0.4, 0.5) is 0 Å². The summed E-state index contributed by atoms with van der Waals surface area (Å²) in [4.78, 5) is 0. The molecule has 1 radical (unpaired) electrons. The number of hydrogen-bond acceptors (Lipinski definition) is 1. The first kappa shape index (κ1) is 12.7. The van der Waals surface area contributed by atoms with Crippen molar-refractivity contribution in [1.82, 2.24) is 0 Å². The summed E-state index contributed by atoms with van der Waals surface area (Å²) in [5, 5.41) is 0. The Morgan fingerprint density at radius 2 is 1.83 bits per heavy atom. The summed E-state index contributed by atoms with van der Waals surface area (Å²) < 4.78 is 5.40. The molecule has 0 amide bonds. The summed E-state index contributed by atoms with van der Waals surface area (Å²) in [7, 11) is 1.70. The van der Waals surface area contributed by atoms with Gasteiger partial charge in [0.25, 0.3) is 0 Å². The summed E-state index contributed by atoms with van der Waals surface area (Å²) in [5.74, 6) is 0.821. The highest BCUT2D eigenvalue weighted by Gasteiger charge is 2.08. The lowest BCUT2D eigenvalue weighted by atomic mass is 9.96. The zero-order chi connectivity index (χ0) is 12.8. The van der Waals surface area contributed by atoms with Gasteiger partial charge in [0.05, 0.1) is 7.11 Å². The Bertz CT molecular complexity index is 502. The molecule has 0 N–H and O–H groups in total. The van der Waals surface area contributed by atoms with Crippen LogP contribution < -0.4 is 4.74 Å². The fraction of sp³-hybridized carbons (Fsp3) is 0.294. The quantitative estimate of drug-likeness (QED) is 0.746. The highest BCUT2D eigenvalue weighted by atomic mass is 16.5. The van der Waals surface area contributed by atoms with Crippen molar-refractivity contribution in [3.05, 3.63) is 54.1 Å². The van der Waals surface area contributed by atoms with Crippen LogP contribution in [-0.4, -0.2) is 7.11 Å². The van der Waals surface area contributed by atoms with Crippen LogP contribution in [0.5, 0.6) is 5.75 Å². The molecule has 2 rings (SSSR count). The Balaban J connectivity index is 2.43. The van der Waals surface area contributed by atoms with Crippen molar-refractivity contribution >= 4 is 0 Å². The Hall–Kier alpha value is -1.76. The zero-order valence-corrected chi connectivity index (χ0v) is 11.1. The number of methoxy groups -OCH3 is 1. The van der Waals surface area contributed by atoms with E-state index in [4.69, 9.17) is 4.74 Å². The standard InChI is InChI=1S/C17H19O/c1-3-4-9-14-10-5-6-11-15(14)16-12-7-8-13-17(16)18-2/h5-8,10-12H,3-4,9H2,1-2H3. The first-order valence-electron chi connectivity index (χ1n) is 6.49. The summed E-state index contributed by atoms with van der Waals surface area (Å²) in [5.41, 5.74) is 3.78. The van der Waals surface area contributed by atoms with E-state index in [1.807, 2.05) is 12.1 Å². The zero-order valence-electron chi connectivity index (χ0n) is 11.1. The van der Waals surface area contributed by atoms with Gasteiger partial charge < -0.3 is 4.74 Å². The second kappa shape index (κ2) is 6.25. The third kappa shape index (κ3) is 2.73. The molecule has 0 unspecified atom stereocenters. The fourth-order valence-corrected chi connectivity index (χ4v) is 2.17. The fourth-order valence-electron chi connectivity index (χ4n) is 2.17. The van der Waals surface area contributed by atoms with E-state index in [1.54, 1.807) is 7.11 Å². The van der Waals surface area contributed by atoms with E-state index in [2.05, 4.69) is 43.3 Å². The Morgan fingerprint density at radius 1 is 1.06 bits per heavy atom. The van der Waals surface area contributed by atoms with Crippen molar-refractivity contribution in [3.8, 4) is 16.9 Å². The predicted octanol–water partition coefficient (Wildman–Crippen LogP) is 4.50. The third-order valence-corrected chi connectivity index (χ3v) is 3.13. The molecule has 0 saturated carbocycles. The molecular weight excluding hydrogens is 220 g/mol. The minimum absolute atomic E-state index is 0.821. The molecule has 0 aliphatic carbocycles. The lowest BCUT2D eigenvalue weighted by Crippen LogP contribution is -1.93. The molecule has 18 heavy (non-hydrogen) atoms. The molecule has 2 aromatic rings. The van der Waals surface area contributed by atoms with E-state index in [0.717, 1.165) is 17.7 Å². The molecule has 2 aromatic carbocycles. The number of aryl methyl sites for hydroxylation is 1. The van der Waals surface area contributed by atoms with Crippen molar-refractivity contribution in [1.29, 1.82) is 0 Å². The van der Waals surface area contributed by atoms with Crippen LogP contribution in [-0.2, 0) is 6.42 Å². The van der Waals surface area contributed by atoms with E-state index in [1.165, 1.54) is 24.0 Å². The monoisotopic (exact) mass is 239 g/mol. The average molecular weight is 239 g/mol. The lowest BCUT2D eigenvalue weighted by molar-refractivity contribution is 0.415. The van der Waals surface area contributed by atoms with Gasteiger partial charge in [0, 0.05) is 11.6 Å². The lowest BCUT2D eigenvalue weighted by Gasteiger charge is -2.12. The normalized spacial score (nSPS) is 10.3. The van der Waals surface area contributed by atoms with Crippen molar-refractivity contribution in [3.63, 3.8) is 0 Å². The van der Waals surface area contributed by atoms with Crippen LogP contribution in [0, 0.1) is 6.07 Å². The van der Waals surface area contributed by atoms with Crippen LogP contribution in [0.3, 0.4) is 0 Å². The minimum Gasteiger partial charge on any atom is -0.495 e. The average Bonchev–Trinajstić information content (AvgIpc) is 2.45. The van der Waals surface area contributed by atoms with Gasteiger partial charge in [0.15, 0.2) is 0 Å². The number of benzene rings is 2. The second-order valence-electron chi connectivity index (χ2n) is 4.38. The van der Waals surface area contributed by atoms with Crippen molar-refractivity contribution in [2.24, 2.45) is 0 Å². The summed E-state index contributed by atoms with van der Waals surface area (Å²) in [6.07, 6.45) is 3.55. The Labute approximate surface area is 109 Å². The molecule has 1 nitrogen and oxygen atoms in total. The molecule has 0 bridgehead atoms. The van der Waals surface area contributed by atoms with Gasteiger partial charge >= 0.3 is 0 Å². The summed E-state index contributed by atoms with van der Waals surface area (Å²) >= 11 is 0. The maximum absolute atomic E-state index is 5.40. The smallest absolute Gasteiger partial charge is 0.134 e. The Kier molecular flexibility index (Phi) is 4.40. The predicted molar refractivity (Wildman–Crippen MR) is 75.9 cm³/mol. The third-order valence-electron chi connectivity index (χ3n) is 3.13. The van der Waals surface area contributed by atoms with E-state index >= 15 is 0 Å². The molecule has 0 spiro atoms. The largest absolute Gasteiger partial charge is 0.495 e. The van der Waals surface area contributed by atoms with Crippen molar-refractivity contribution in [2.75, 3.05) is 7.11 Å². The molecule has 0 saturated heterocycles. The first-order chi connectivity index (χ1) is 8.86. The van der Waals surface area contributed by atoms with Crippen LogP contribution in [0.15, 0.2) is 42.5 Å². The molecule has 1 heteroatoms. The maximum Gasteiger partial charge on any atom is 0.134 e. The van der Waals surface area contributed by atoms with Crippen LogP contribution in [0.2, 0.25) is 0 Å². The Morgan fingerprint density at radius 3 is 2.61 bits per heavy atom. The maximum atomic E-state index is 5.40. The van der Waals surface area contributed by atoms with Crippen LogP contribution >= 0.6 is 0 Å². The van der Waals surface area contributed by atoms with Gasteiger partial charge in [-0.1, -0.05) is 55.8 Å². The molecule has 93 valence electrons. The molecule has 0 fully saturated rings. The SMILES string of the molecule is CCCCc1ccccc1-c1ccc[c]c1OC. The number of unbranched alkanes of at least 4 members (excludes halogenated alkanes) is 1. The number of para-hydroxylation sites is 1. The van der Waals surface area contributed by atoms with Crippen molar-refractivity contribution in [2.45, 2.75) is 26.2 Å². The van der Waals surface area contributed by atoms with Gasteiger partial charge in [0.1, 0.15) is 5.75 Å². The van der Waals surface area contributed by atoms with Gasteiger partial charge in [0.2, 0.25) is 0 Å². The van der Waals surface area contributed by atoms with Gasteiger partial charge in [-0.25, -0.2) is 0 Å². The number of hydrogen-bond donors (Lipinski definition) is 0. The van der Waals surface area contributed by atoms with E-state index in [0.29, 0.717) is 0 Å². The van der Waals surface area contributed by atoms with Crippen LogP contribution in [0.1, 0.15) is 25.3 Å². The van der Waals surface area contributed by atoms with E-state index in [-0.39, 0.29) is 0 Å². The molecule has 0 aliphatic heterocycles. The van der Waals surface area contributed by atoms with Gasteiger partial charge in [-0.2, -0.15) is 0 Å². The molecule has 0 aromatic heterocycles. The molecule has 0 atom stereocenters. The minimum atomic E-state index is 0.821. The molecular formula is C17H19O. The molecule has 0 aliphatic rings. The second-order valence-corrected chi connectivity index (χ2v) is 4.38. The van der Waals surface area contributed by atoms with Crippen molar-refractivity contribution < 1.29 is 4.74 Å². The number of rotatable bonds is 5.